The summed E-state index contributed by atoms with van der Waals surface area (Å²) in [6.45, 7) is 17.0. The van der Waals surface area contributed by atoms with E-state index in [1.807, 2.05) is 12.1 Å². The van der Waals surface area contributed by atoms with E-state index in [9.17, 15) is 0 Å². The van der Waals surface area contributed by atoms with Crippen molar-refractivity contribution in [3.05, 3.63) is 166 Å². The Hall–Kier alpha value is -10.0. The number of unbranched alkanes of at least 4 members (excludes halogenated alkanes) is 42. The minimum absolute atomic E-state index is 0.545. The van der Waals surface area contributed by atoms with Crippen molar-refractivity contribution in [1.82, 2.24) is 19.9 Å². The maximum atomic E-state index is 7.18. The summed E-state index contributed by atoms with van der Waals surface area (Å²) in [5.41, 5.74) is 12.8. The minimum Gasteiger partial charge on any atom is -0.497 e. The van der Waals surface area contributed by atoms with Gasteiger partial charge in [-0.2, -0.15) is 0 Å². The molecule has 3 aromatic heterocycles. The van der Waals surface area contributed by atoms with Crippen LogP contribution in [0.25, 0.3) is 90.2 Å². The van der Waals surface area contributed by atoms with Crippen LogP contribution in [-0.4, -0.2) is 73.8 Å². The first kappa shape index (κ1) is 101. The molecule has 5 heterocycles. The van der Waals surface area contributed by atoms with Crippen LogP contribution in [0.4, 0.5) is 0 Å². The van der Waals surface area contributed by atoms with Gasteiger partial charge in [0, 0.05) is 33.3 Å². The molecule has 0 amide bonds. The topological polar surface area (TPSA) is 131 Å². The van der Waals surface area contributed by atoms with Gasteiger partial charge in [-0.1, -0.05) is 359 Å². The van der Waals surface area contributed by atoms with Crippen molar-refractivity contribution in [3.8, 4) is 91.9 Å². The summed E-state index contributed by atoms with van der Waals surface area (Å²) >= 11 is 0. The number of aromatic nitrogens is 4. The molecule has 0 unspecified atom stereocenters. The van der Waals surface area contributed by atoms with Crippen molar-refractivity contribution in [2.75, 3.05) is 53.9 Å². The van der Waals surface area contributed by atoms with E-state index in [0.717, 1.165) is 188 Å². The van der Waals surface area contributed by atoms with Gasteiger partial charge in [-0.15, -0.1) is 0 Å². The zero-order chi connectivity index (χ0) is 90.6. The van der Waals surface area contributed by atoms with Gasteiger partial charge in [-0.3, -0.25) is 0 Å². The molecule has 12 heteroatoms. The molecule has 2 N–H and O–H groups in total. The summed E-state index contributed by atoms with van der Waals surface area (Å²) in [7, 11) is 3.43. The van der Waals surface area contributed by atoms with Crippen LogP contribution >= 0.6 is 0 Å². The molecular weight excluding hydrogens is 1600 g/mol. The number of benzene rings is 6. The molecule has 0 atom stereocenters. The number of hydrogen-bond donors (Lipinski definition) is 2. The van der Waals surface area contributed by atoms with E-state index in [4.69, 9.17) is 47.9 Å². The Balaban J connectivity index is 1.14. The molecular formula is C118H158N4O8. The first-order valence-corrected chi connectivity index (χ1v) is 51.7. The molecule has 6 aromatic carbocycles. The predicted octanol–water partition coefficient (Wildman–Crippen LogP) is 34.2. The van der Waals surface area contributed by atoms with Crippen molar-refractivity contribution in [1.29, 1.82) is 0 Å². The second-order valence-corrected chi connectivity index (χ2v) is 36.4. The largest absolute Gasteiger partial charge is 0.497 e. The maximum Gasteiger partial charge on any atom is 0.203 e. The summed E-state index contributed by atoms with van der Waals surface area (Å²) in [4.78, 5) is 19.8. The van der Waals surface area contributed by atoms with Crippen molar-refractivity contribution in [2.24, 2.45) is 0 Å². The van der Waals surface area contributed by atoms with E-state index in [2.05, 4.69) is 209 Å². The summed E-state index contributed by atoms with van der Waals surface area (Å²) in [5, 5.41) is 4.28. The fraction of sp³-hybridized carbons (Fsp3) is 0.525. The van der Waals surface area contributed by atoms with Crippen molar-refractivity contribution in [3.63, 3.8) is 0 Å². The molecule has 0 saturated heterocycles. The SMILES string of the molecule is CCCCCCCCCCOc1cc(-c2c3nc(c(C#Cc4ccc5cc(OC)ccc5c4)c4ccc([nH]4)c(-c4cc(OCCCCCCCCCC)c(OCCCCCCCCCC)c(OCCCCCCCCCC)c4)c4nc(c(C#Cc5ccc6cc(OC)ccc6c5)c5ccc2[nH]5)C=C4)C=C3)cc(OCCCCCCCCCC)c1OCCCCCCCCCC. The second-order valence-electron chi connectivity index (χ2n) is 36.4. The fourth-order valence-electron chi connectivity index (χ4n) is 17.9. The van der Waals surface area contributed by atoms with Crippen LogP contribution in [0.5, 0.6) is 46.0 Å². The van der Waals surface area contributed by atoms with Crippen LogP contribution in [0.1, 0.15) is 395 Å². The number of fused-ring (bicyclic) bond motifs is 10. The van der Waals surface area contributed by atoms with Gasteiger partial charge >= 0.3 is 0 Å². The smallest absolute Gasteiger partial charge is 0.203 e. The summed E-state index contributed by atoms with van der Waals surface area (Å²) in [5.74, 6) is 20.6. The molecule has 0 fully saturated rings. The lowest BCUT2D eigenvalue weighted by atomic mass is 10.0. The number of rotatable bonds is 64. The third-order valence-corrected chi connectivity index (χ3v) is 25.6. The highest BCUT2D eigenvalue weighted by molar-refractivity contribution is 5.97. The van der Waals surface area contributed by atoms with E-state index in [-0.39, 0.29) is 0 Å². The third kappa shape index (κ3) is 32.8. The molecule has 12 nitrogen and oxygen atoms in total. The highest BCUT2D eigenvalue weighted by atomic mass is 16.5. The van der Waals surface area contributed by atoms with Gasteiger partial charge in [0.25, 0.3) is 0 Å². The van der Waals surface area contributed by atoms with E-state index in [1.165, 1.54) is 231 Å². The van der Waals surface area contributed by atoms with Crippen LogP contribution in [-0.2, 0) is 0 Å². The first-order valence-electron chi connectivity index (χ1n) is 51.7. The van der Waals surface area contributed by atoms with Gasteiger partial charge in [-0.25, -0.2) is 9.97 Å². The molecule has 0 radical (unpaired) electrons. The van der Waals surface area contributed by atoms with Crippen LogP contribution in [0.15, 0.2) is 121 Å². The Kier molecular flexibility index (Phi) is 45.4. The van der Waals surface area contributed by atoms with Gasteiger partial charge in [0.2, 0.25) is 11.5 Å². The van der Waals surface area contributed by atoms with Crippen molar-refractivity contribution < 1.29 is 37.9 Å². The van der Waals surface area contributed by atoms with Gasteiger partial charge in [0.1, 0.15) is 11.5 Å². The molecule has 8 bridgehead atoms. The van der Waals surface area contributed by atoms with E-state index in [0.29, 0.717) is 85.5 Å². The van der Waals surface area contributed by atoms with Crippen molar-refractivity contribution >= 4 is 67.9 Å². The molecule has 130 heavy (non-hydrogen) atoms. The van der Waals surface area contributed by atoms with E-state index in [1.54, 1.807) is 14.2 Å². The van der Waals surface area contributed by atoms with Crippen molar-refractivity contribution in [2.45, 2.75) is 350 Å². The Morgan fingerprint density at radius 3 is 0.769 bits per heavy atom. The number of nitrogens with one attached hydrogen (secondary N) is 2. The van der Waals surface area contributed by atoms with Gasteiger partial charge in [-0.05, 0) is 193 Å². The van der Waals surface area contributed by atoms with Crippen LogP contribution in [0, 0.1) is 23.7 Å². The van der Waals surface area contributed by atoms with Crippen LogP contribution in [0.3, 0.4) is 0 Å². The van der Waals surface area contributed by atoms with E-state index < -0.39 is 0 Å². The normalized spacial score (nSPS) is 11.6. The molecule has 11 rings (SSSR count). The lowest BCUT2D eigenvalue weighted by molar-refractivity contribution is 0.234. The second kappa shape index (κ2) is 58.7. The van der Waals surface area contributed by atoms with Crippen LogP contribution < -0.4 is 37.9 Å². The highest BCUT2D eigenvalue weighted by Crippen LogP contribution is 2.47. The minimum atomic E-state index is 0.545. The van der Waals surface area contributed by atoms with Gasteiger partial charge in [0.15, 0.2) is 23.0 Å². The zero-order valence-electron chi connectivity index (χ0n) is 81.2. The first-order chi connectivity index (χ1) is 64.2. The van der Waals surface area contributed by atoms with Gasteiger partial charge in [0.05, 0.1) is 98.8 Å². The lowest BCUT2D eigenvalue weighted by Crippen LogP contribution is -2.07. The average Bonchev–Trinajstić information content (AvgIpc) is 1.61. The number of ether oxygens (including phenoxy) is 8. The Bertz CT molecular complexity index is 4840. The summed E-state index contributed by atoms with van der Waals surface area (Å²) in [6.07, 6.45) is 66.0. The number of H-pyrrole nitrogens is 2. The van der Waals surface area contributed by atoms with E-state index >= 15 is 0 Å². The zero-order valence-corrected chi connectivity index (χ0v) is 81.2. The molecule has 2 aliphatic heterocycles. The fourth-order valence-corrected chi connectivity index (χ4v) is 17.9. The lowest BCUT2D eigenvalue weighted by Gasteiger charge is -2.19. The average molecular weight is 1760 g/mol. The third-order valence-electron chi connectivity index (χ3n) is 25.6. The Labute approximate surface area is 782 Å². The highest BCUT2D eigenvalue weighted by Gasteiger charge is 2.25. The summed E-state index contributed by atoms with van der Waals surface area (Å²) < 4.78 is 54.3. The molecule has 2 aliphatic rings. The number of nitrogens with zero attached hydrogens (tertiary/aromatic N) is 2. The number of hydrogen-bond acceptors (Lipinski definition) is 10. The molecule has 0 spiro atoms. The number of aromatic amines is 2. The molecule has 9 aromatic rings. The Morgan fingerprint density at radius 2 is 0.485 bits per heavy atom. The Morgan fingerprint density at radius 1 is 0.238 bits per heavy atom. The standard InChI is InChI=1S/C118H158N4O8/c1-9-15-21-27-33-39-45-51-77-125-111-87-97(88-112(126-78-52-46-40-34-28-22-16-10-2)117(111)129-81-55-49-43-37-31-25-19-13-5)115-107-73-69-103(119-107)101(67-59-91-57-61-95-85-99(123-7)65-63-93(95)83-91)105-71-75-109(121-105)116(110-76-72-106(122-110)102(104-70-74-108(115)120-104)68-60-92-58-62-96-86-100(124-8)66-64-94(96)84-92)98-89-113(127-79-53-47-41-35-29-23-17-11-3)118(130-82-56-50-44-38-32-26-20-14-6)114(90-98)128-80-54-48-42-36-30-24-18-12-4/h57-58,61-66,69-76,83-90,119,122H,9-56,77-82H2,1-8H3. The molecule has 0 saturated carbocycles. The number of methoxy groups -OCH3 is 2. The summed E-state index contributed by atoms with van der Waals surface area (Å²) in [6, 6.07) is 42.6. The predicted molar refractivity (Wildman–Crippen MR) is 551 cm³/mol. The van der Waals surface area contributed by atoms with Gasteiger partial charge < -0.3 is 47.9 Å². The monoisotopic (exact) mass is 1760 g/mol. The van der Waals surface area contributed by atoms with Crippen LogP contribution in [0.2, 0.25) is 0 Å². The molecule has 698 valence electrons. The maximum absolute atomic E-state index is 7.18. The quantitative estimate of drug-likeness (QED) is 0.0281. The molecule has 0 aliphatic carbocycles.